The van der Waals surface area contributed by atoms with Crippen LogP contribution in [0.2, 0.25) is 0 Å². The summed E-state index contributed by atoms with van der Waals surface area (Å²) in [4.78, 5) is 13.2. The molecule has 0 aromatic carbocycles. The summed E-state index contributed by atoms with van der Waals surface area (Å²) in [5.41, 5.74) is 9.28. The van der Waals surface area contributed by atoms with Crippen LogP contribution in [0.25, 0.3) is 16.9 Å². The number of fused-ring (bicyclic) bond motifs is 1. The fourth-order valence-electron chi connectivity index (χ4n) is 3.72. The van der Waals surface area contributed by atoms with Gasteiger partial charge in [0.15, 0.2) is 11.5 Å². The minimum Gasteiger partial charge on any atom is -0.366 e. The Morgan fingerprint density at radius 1 is 0.903 bits per heavy atom. The molecule has 4 N–H and O–H groups in total. The van der Waals surface area contributed by atoms with Crippen molar-refractivity contribution in [2.45, 2.75) is 44.7 Å². The first-order valence-electron chi connectivity index (χ1n) is 10.4. The molecule has 158 valence electrons. The number of nitrogens with zero attached hydrogens (tertiary/aromatic N) is 7. The zero-order valence-corrected chi connectivity index (χ0v) is 17.2. The molecule has 0 aliphatic heterocycles. The topological polar surface area (TPSA) is 132 Å². The van der Waals surface area contributed by atoms with E-state index in [1.54, 1.807) is 18.6 Å². The summed E-state index contributed by atoms with van der Waals surface area (Å²) in [7, 11) is 0. The third-order valence-corrected chi connectivity index (χ3v) is 5.47. The molecule has 10 nitrogen and oxygen atoms in total. The van der Waals surface area contributed by atoms with Gasteiger partial charge in [0.2, 0.25) is 5.95 Å². The number of hydrogen-bond acceptors (Lipinski definition) is 9. The van der Waals surface area contributed by atoms with Crippen LogP contribution >= 0.6 is 0 Å². The maximum Gasteiger partial charge on any atom is 0.228 e. The Bertz CT molecular complexity index is 1160. The summed E-state index contributed by atoms with van der Waals surface area (Å²) < 4.78 is 1.81. The van der Waals surface area contributed by atoms with E-state index in [-0.39, 0.29) is 0 Å². The quantitative estimate of drug-likeness (QED) is 0.449. The van der Waals surface area contributed by atoms with Crippen molar-refractivity contribution in [1.82, 2.24) is 34.8 Å². The standard InChI is InChI=1S/C21H24N10/c1-13-2-7-18(29-28-13)27-21-24-10-14(11-25-21)17-12-23-20-9-8-19(30-31(17)20)26-16-5-3-15(22)4-6-16/h2,7-12,15-16H,3-6,22H2,1H3,(H,26,30)(H,24,25,27,29). The Morgan fingerprint density at radius 3 is 2.42 bits per heavy atom. The van der Waals surface area contributed by atoms with E-state index in [4.69, 9.17) is 10.8 Å². The van der Waals surface area contributed by atoms with E-state index in [1.807, 2.05) is 35.7 Å². The van der Waals surface area contributed by atoms with Gasteiger partial charge < -0.3 is 16.4 Å². The molecule has 1 saturated carbocycles. The second kappa shape index (κ2) is 8.23. The van der Waals surface area contributed by atoms with Gasteiger partial charge in [-0.2, -0.15) is 5.10 Å². The minimum atomic E-state index is 0.323. The van der Waals surface area contributed by atoms with Gasteiger partial charge in [-0.25, -0.2) is 19.5 Å². The van der Waals surface area contributed by atoms with Crippen molar-refractivity contribution in [3.63, 3.8) is 0 Å². The number of rotatable bonds is 5. The highest BCUT2D eigenvalue weighted by Crippen LogP contribution is 2.23. The average Bonchev–Trinajstić information content (AvgIpc) is 3.21. The lowest BCUT2D eigenvalue weighted by molar-refractivity contribution is 0.410. The number of hydrogen-bond donors (Lipinski definition) is 3. The predicted octanol–water partition coefficient (Wildman–Crippen LogP) is 2.71. The number of anilines is 3. The molecule has 0 spiro atoms. The molecule has 4 aromatic heterocycles. The van der Waals surface area contributed by atoms with E-state index in [9.17, 15) is 0 Å². The summed E-state index contributed by atoms with van der Waals surface area (Å²) in [6.07, 6.45) is 9.47. The van der Waals surface area contributed by atoms with Crippen molar-refractivity contribution < 1.29 is 0 Å². The van der Waals surface area contributed by atoms with E-state index in [0.29, 0.717) is 23.8 Å². The zero-order chi connectivity index (χ0) is 21.2. The van der Waals surface area contributed by atoms with Crippen molar-refractivity contribution in [2.75, 3.05) is 10.6 Å². The number of nitrogens with one attached hydrogen (secondary N) is 2. The first-order chi connectivity index (χ1) is 15.1. The molecule has 5 rings (SSSR count). The molecular weight excluding hydrogens is 392 g/mol. The van der Waals surface area contributed by atoms with Crippen LogP contribution in [0.5, 0.6) is 0 Å². The summed E-state index contributed by atoms with van der Waals surface area (Å²) in [6, 6.07) is 8.36. The molecule has 0 unspecified atom stereocenters. The number of aromatic nitrogens is 7. The first-order valence-corrected chi connectivity index (χ1v) is 10.4. The van der Waals surface area contributed by atoms with Crippen molar-refractivity contribution in [3.05, 3.63) is 48.5 Å². The van der Waals surface area contributed by atoms with E-state index >= 15 is 0 Å². The second-order valence-corrected chi connectivity index (χ2v) is 7.87. The molecule has 4 aromatic rings. The summed E-state index contributed by atoms with van der Waals surface area (Å²) >= 11 is 0. The minimum absolute atomic E-state index is 0.323. The second-order valence-electron chi connectivity index (χ2n) is 7.87. The van der Waals surface area contributed by atoms with Gasteiger partial charge in [-0.15, -0.1) is 10.2 Å². The molecule has 0 amide bonds. The van der Waals surface area contributed by atoms with Crippen LogP contribution in [-0.2, 0) is 0 Å². The average molecular weight is 416 g/mol. The summed E-state index contributed by atoms with van der Waals surface area (Å²) in [6.45, 7) is 1.89. The van der Waals surface area contributed by atoms with Crippen molar-refractivity contribution >= 4 is 23.2 Å². The van der Waals surface area contributed by atoms with Crippen LogP contribution in [0.4, 0.5) is 17.6 Å². The van der Waals surface area contributed by atoms with Crippen LogP contribution in [0, 0.1) is 6.92 Å². The maximum absolute atomic E-state index is 6.02. The van der Waals surface area contributed by atoms with Gasteiger partial charge in [0.25, 0.3) is 0 Å². The highest BCUT2D eigenvalue weighted by atomic mass is 15.3. The van der Waals surface area contributed by atoms with Gasteiger partial charge in [0, 0.05) is 30.0 Å². The SMILES string of the molecule is Cc1ccc(Nc2ncc(-c3cnc4ccc(NC5CCC(N)CC5)nn34)cn2)nn1. The van der Waals surface area contributed by atoms with Crippen LogP contribution < -0.4 is 16.4 Å². The maximum atomic E-state index is 6.02. The predicted molar refractivity (Wildman–Crippen MR) is 118 cm³/mol. The Hall–Kier alpha value is -3.66. The van der Waals surface area contributed by atoms with E-state index in [1.165, 1.54) is 0 Å². The number of imidazole rings is 1. The fraction of sp³-hybridized carbons (Fsp3) is 0.333. The van der Waals surface area contributed by atoms with E-state index in [2.05, 4.69) is 35.8 Å². The fourth-order valence-corrected chi connectivity index (χ4v) is 3.72. The molecule has 0 radical (unpaired) electrons. The lowest BCUT2D eigenvalue weighted by Gasteiger charge is -2.27. The lowest BCUT2D eigenvalue weighted by Crippen LogP contribution is -2.33. The van der Waals surface area contributed by atoms with Gasteiger partial charge in [-0.1, -0.05) is 0 Å². The van der Waals surface area contributed by atoms with Crippen LogP contribution in [-0.4, -0.2) is 46.8 Å². The lowest BCUT2D eigenvalue weighted by atomic mass is 9.92. The molecular formula is C21H24N10. The van der Waals surface area contributed by atoms with Crippen molar-refractivity contribution in [3.8, 4) is 11.3 Å². The Kier molecular flexibility index (Phi) is 5.13. The number of aryl methyl sites for hydroxylation is 1. The van der Waals surface area contributed by atoms with E-state index in [0.717, 1.165) is 54.1 Å². The molecule has 10 heteroatoms. The molecule has 31 heavy (non-hydrogen) atoms. The normalized spacial score (nSPS) is 18.8. The summed E-state index contributed by atoms with van der Waals surface area (Å²) in [5.74, 6) is 1.86. The van der Waals surface area contributed by atoms with Crippen molar-refractivity contribution in [1.29, 1.82) is 0 Å². The highest BCUT2D eigenvalue weighted by Gasteiger charge is 2.19. The Labute approximate surface area is 179 Å². The third-order valence-electron chi connectivity index (χ3n) is 5.47. The van der Waals surface area contributed by atoms with Crippen LogP contribution in [0.15, 0.2) is 42.9 Å². The third kappa shape index (κ3) is 4.29. The zero-order valence-electron chi connectivity index (χ0n) is 17.2. The number of nitrogens with two attached hydrogens (primary N) is 1. The Morgan fingerprint density at radius 2 is 1.68 bits per heavy atom. The smallest absolute Gasteiger partial charge is 0.228 e. The van der Waals surface area contributed by atoms with Gasteiger partial charge in [-0.3, -0.25) is 0 Å². The summed E-state index contributed by atoms with van der Waals surface area (Å²) in [5, 5.41) is 19.4. The molecule has 0 bridgehead atoms. The Balaban J connectivity index is 1.35. The molecule has 0 atom stereocenters. The van der Waals surface area contributed by atoms with Crippen molar-refractivity contribution in [2.24, 2.45) is 5.73 Å². The van der Waals surface area contributed by atoms with Gasteiger partial charge in [0.1, 0.15) is 5.82 Å². The monoisotopic (exact) mass is 416 g/mol. The highest BCUT2D eigenvalue weighted by molar-refractivity contribution is 5.63. The van der Waals surface area contributed by atoms with Gasteiger partial charge in [-0.05, 0) is 56.9 Å². The van der Waals surface area contributed by atoms with Gasteiger partial charge in [0.05, 0.1) is 17.6 Å². The largest absolute Gasteiger partial charge is 0.366 e. The van der Waals surface area contributed by atoms with Gasteiger partial charge >= 0.3 is 0 Å². The first kappa shape index (κ1) is 19.3. The molecule has 4 heterocycles. The molecule has 0 saturated heterocycles. The molecule has 1 aliphatic carbocycles. The van der Waals surface area contributed by atoms with Crippen LogP contribution in [0.3, 0.4) is 0 Å². The van der Waals surface area contributed by atoms with E-state index < -0.39 is 0 Å². The molecule has 1 aliphatic rings. The molecule has 1 fully saturated rings. The van der Waals surface area contributed by atoms with Crippen LogP contribution in [0.1, 0.15) is 31.4 Å².